The zero-order valence-electron chi connectivity index (χ0n) is 16.2. The Morgan fingerprint density at radius 3 is 2.55 bits per heavy atom. The molecule has 29 heavy (non-hydrogen) atoms. The van der Waals surface area contributed by atoms with E-state index in [0.717, 1.165) is 21.9 Å². The zero-order valence-corrected chi connectivity index (χ0v) is 16.2. The van der Waals surface area contributed by atoms with Crippen LogP contribution >= 0.6 is 0 Å². The number of carbonyl (C=O) groups excluding carboxylic acids is 1. The fraction of sp³-hybridized carbons (Fsp3) is 0.174. The van der Waals surface area contributed by atoms with Crippen molar-refractivity contribution in [2.75, 3.05) is 0 Å². The van der Waals surface area contributed by atoms with Crippen LogP contribution in [0, 0.1) is 0 Å². The summed E-state index contributed by atoms with van der Waals surface area (Å²) in [6, 6.07) is 14.5. The number of Topliss-reactive ketones (excluding diaryl/α,β-unsaturated/α-hetero) is 1. The molecule has 2 aromatic carbocycles. The van der Waals surface area contributed by atoms with Gasteiger partial charge >= 0.3 is 0 Å². The van der Waals surface area contributed by atoms with E-state index < -0.39 is 6.36 Å². The van der Waals surface area contributed by atoms with E-state index in [1.165, 1.54) is 6.92 Å². The van der Waals surface area contributed by atoms with E-state index in [2.05, 4.69) is 16.1 Å². The second kappa shape index (κ2) is 7.83. The van der Waals surface area contributed by atoms with E-state index in [1.807, 2.05) is 37.6 Å². The fourth-order valence-corrected chi connectivity index (χ4v) is 3.21. The van der Waals surface area contributed by atoms with Crippen LogP contribution in [0.5, 0.6) is 5.75 Å². The quantitative estimate of drug-likeness (QED) is 0.446. The third-order valence-electron chi connectivity index (χ3n) is 4.63. The highest BCUT2D eigenvalue weighted by Crippen LogP contribution is 2.24. The van der Waals surface area contributed by atoms with Gasteiger partial charge in [0.15, 0.2) is 5.78 Å². The van der Waals surface area contributed by atoms with Gasteiger partial charge in [0.1, 0.15) is 5.75 Å². The molecule has 6 heteroatoms. The lowest BCUT2D eigenvalue weighted by molar-refractivity contribution is 0.0860. The predicted molar refractivity (Wildman–Crippen MR) is 110 cm³/mol. The second-order valence-corrected chi connectivity index (χ2v) is 6.93. The summed E-state index contributed by atoms with van der Waals surface area (Å²) in [5.74, 6) is 0.337. The molecule has 0 spiro atoms. The number of pyridine rings is 1. The first-order chi connectivity index (χ1) is 14.0. The number of alkyl halides is 1. The number of ketones is 1. The molecule has 0 radical (unpaired) electrons. The Hall–Kier alpha value is -3.54. The largest absolute Gasteiger partial charge is 0.461 e. The SMILES string of the molecule is CC(F)Oc1ccc(C(=O)Cc2cc3cc(-c4cnn(C)c4)ccc3cn2)cc1. The Morgan fingerprint density at radius 2 is 1.86 bits per heavy atom. The van der Waals surface area contributed by atoms with Gasteiger partial charge in [-0.3, -0.25) is 14.5 Å². The molecule has 4 rings (SSSR count). The van der Waals surface area contributed by atoms with Crippen molar-refractivity contribution in [1.82, 2.24) is 14.8 Å². The average Bonchev–Trinajstić information content (AvgIpc) is 3.14. The highest BCUT2D eigenvalue weighted by atomic mass is 19.1. The molecule has 4 aromatic rings. The molecule has 5 nitrogen and oxygen atoms in total. The van der Waals surface area contributed by atoms with Crippen LogP contribution < -0.4 is 4.74 Å². The summed E-state index contributed by atoms with van der Waals surface area (Å²) in [6.07, 6.45) is 4.36. The lowest BCUT2D eigenvalue weighted by Gasteiger charge is -2.08. The van der Waals surface area contributed by atoms with Crippen molar-refractivity contribution >= 4 is 16.6 Å². The van der Waals surface area contributed by atoms with Gasteiger partial charge in [-0.1, -0.05) is 12.1 Å². The van der Waals surface area contributed by atoms with Gasteiger partial charge in [-0.2, -0.15) is 5.10 Å². The van der Waals surface area contributed by atoms with Crippen LogP contribution in [0.2, 0.25) is 0 Å². The first-order valence-electron chi connectivity index (χ1n) is 9.29. The van der Waals surface area contributed by atoms with Gasteiger partial charge in [0.25, 0.3) is 0 Å². The van der Waals surface area contributed by atoms with Crippen molar-refractivity contribution in [2.24, 2.45) is 7.05 Å². The number of halogens is 1. The van der Waals surface area contributed by atoms with E-state index in [4.69, 9.17) is 4.74 Å². The summed E-state index contributed by atoms with van der Waals surface area (Å²) in [6.45, 7) is 1.31. The number of ether oxygens (including phenoxy) is 1. The lowest BCUT2D eigenvalue weighted by atomic mass is 10.0. The maximum Gasteiger partial charge on any atom is 0.235 e. The molecule has 0 saturated carbocycles. The monoisotopic (exact) mass is 389 g/mol. The summed E-state index contributed by atoms with van der Waals surface area (Å²) in [5.41, 5.74) is 3.33. The van der Waals surface area contributed by atoms with Gasteiger partial charge in [-0.05, 0) is 47.3 Å². The summed E-state index contributed by atoms with van der Waals surface area (Å²) < 4.78 is 19.6. The molecule has 1 atom stereocenters. The van der Waals surface area contributed by atoms with Crippen LogP contribution in [-0.4, -0.2) is 26.9 Å². The Bertz CT molecular complexity index is 1170. The Morgan fingerprint density at radius 1 is 1.07 bits per heavy atom. The minimum atomic E-state index is -1.39. The molecular weight excluding hydrogens is 369 g/mol. The van der Waals surface area contributed by atoms with Gasteiger partial charge in [-0.25, -0.2) is 4.39 Å². The number of fused-ring (bicyclic) bond motifs is 1. The Kier molecular flexibility index (Phi) is 5.08. The molecule has 0 fully saturated rings. The van der Waals surface area contributed by atoms with Crippen LogP contribution in [0.4, 0.5) is 4.39 Å². The number of rotatable bonds is 6. The van der Waals surface area contributed by atoms with Crippen molar-refractivity contribution in [2.45, 2.75) is 19.7 Å². The van der Waals surface area contributed by atoms with Crippen molar-refractivity contribution in [3.05, 3.63) is 78.4 Å². The summed E-state index contributed by atoms with van der Waals surface area (Å²) in [4.78, 5) is 17.0. The first kappa shape index (κ1) is 18.8. The molecule has 146 valence electrons. The van der Waals surface area contributed by atoms with Crippen LogP contribution in [0.25, 0.3) is 21.9 Å². The molecule has 0 bridgehead atoms. The maximum absolute atomic E-state index is 12.9. The van der Waals surface area contributed by atoms with E-state index in [-0.39, 0.29) is 12.2 Å². The minimum Gasteiger partial charge on any atom is -0.461 e. The van der Waals surface area contributed by atoms with Gasteiger partial charge in [0.2, 0.25) is 6.36 Å². The van der Waals surface area contributed by atoms with Crippen LogP contribution in [0.15, 0.2) is 67.1 Å². The predicted octanol–water partition coefficient (Wildman–Crippen LogP) is 4.76. The topological polar surface area (TPSA) is 57.0 Å². The van der Waals surface area contributed by atoms with Crippen molar-refractivity contribution in [3.63, 3.8) is 0 Å². The number of hydrogen-bond donors (Lipinski definition) is 0. The third kappa shape index (κ3) is 4.32. The summed E-state index contributed by atoms with van der Waals surface area (Å²) >= 11 is 0. The number of carbonyl (C=O) groups is 1. The van der Waals surface area contributed by atoms with Crippen molar-refractivity contribution < 1.29 is 13.9 Å². The van der Waals surface area contributed by atoms with Crippen molar-refractivity contribution in [3.8, 4) is 16.9 Å². The van der Waals surface area contributed by atoms with Gasteiger partial charge in [0, 0.05) is 48.6 Å². The summed E-state index contributed by atoms with van der Waals surface area (Å²) in [5, 5.41) is 6.24. The normalized spacial score (nSPS) is 12.1. The van der Waals surface area contributed by atoms with Crippen LogP contribution in [0.3, 0.4) is 0 Å². The van der Waals surface area contributed by atoms with E-state index in [1.54, 1.807) is 35.1 Å². The minimum absolute atomic E-state index is 0.0555. The fourth-order valence-electron chi connectivity index (χ4n) is 3.21. The Labute approximate surface area is 167 Å². The number of nitrogens with zero attached hydrogens (tertiary/aromatic N) is 3. The lowest BCUT2D eigenvalue weighted by Crippen LogP contribution is -2.06. The molecular formula is C23H20FN3O2. The van der Waals surface area contributed by atoms with Gasteiger partial charge in [0.05, 0.1) is 12.6 Å². The zero-order chi connectivity index (χ0) is 20.4. The second-order valence-electron chi connectivity index (χ2n) is 6.93. The molecule has 2 heterocycles. The first-order valence-corrected chi connectivity index (χ1v) is 9.29. The molecule has 0 amide bonds. The van der Waals surface area contributed by atoms with Crippen molar-refractivity contribution in [1.29, 1.82) is 0 Å². The molecule has 0 saturated heterocycles. The maximum atomic E-state index is 12.9. The highest BCUT2D eigenvalue weighted by molar-refractivity contribution is 5.98. The van der Waals surface area contributed by atoms with Gasteiger partial charge < -0.3 is 4.74 Å². The third-order valence-corrected chi connectivity index (χ3v) is 4.63. The molecule has 0 aliphatic rings. The molecule has 0 aliphatic heterocycles. The number of aryl methyl sites for hydroxylation is 1. The van der Waals surface area contributed by atoms with Crippen LogP contribution in [0.1, 0.15) is 23.0 Å². The highest BCUT2D eigenvalue weighted by Gasteiger charge is 2.10. The molecule has 2 aromatic heterocycles. The molecule has 1 unspecified atom stereocenters. The molecule has 0 N–H and O–H groups in total. The Balaban J connectivity index is 1.55. The summed E-state index contributed by atoms with van der Waals surface area (Å²) in [7, 11) is 1.88. The molecule has 0 aliphatic carbocycles. The van der Waals surface area contributed by atoms with Gasteiger partial charge in [-0.15, -0.1) is 0 Å². The number of benzene rings is 2. The number of aromatic nitrogens is 3. The van der Waals surface area contributed by atoms with E-state index >= 15 is 0 Å². The standard InChI is InChI=1S/C23H20FN3O2/c1-15(24)29-22-7-5-16(6-8-22)23(28)11-21-10-19-9-17(3-4-18(19)12-25-21)20-13-26-27(2)14-20/h3-10,12-15H,11H2,1-2H3. The number of hydrogen-bond acceptors (Lipinski definition) is 4. The van der Waals surface area contributed by atoms with E-state index in [9.17, 15) is 9.18 Å². The average molecular weight is 389 g/mol. The smallest absolute Gasteiger partial charge is 0.235 e. The van der Waals surface area contributed by atoms with E-state index in [0.29, 0.717) is 17.0 Å². The van der Waals surface area contributed by atoms with Crippen LogP contribution in [-0.2, 0) is 13.5 Å².